The third-order valence-corrected chi connectivity index (χ3v) is 8.63. The first kappa shape index (κ1) is 21.5. The zero-order valence-corrected chi connectivity index (χ0v) is 19.2. The van der Waals surface area contributed by atoms with E-state index in [9.17, 15) is 13.2 Å². The Kier molecular flexibility index (Phi) is 5.87. The van der Waals surface area contributed by atoms with Crippen molar-refractivity contribution in [3.8, 4) is 5.82 Å². The quantitative estimate of drug-likeness (QED) is 0.546. The molecule has 0 spiro atoms. The van der Waals surface area contributed by atoms with Gasteiger partial charge in [0.25, 0.3) is 10.0 Å². The van der Waals surface area contributed by atoms with Gasteiger partial charge >= 0.3 is 0 Å². The number of hydrogen-bond donors (Lipinski definition) is 0. The van der Waals surface area contributed by atoms with Crippen LogP contribution in [0.25, 0.3) is 11.9 Å². The second-order valence-corrected chi connectivity index (χ2v) is 10.6. The summed E-state index contributed by atoms with van der Waals surface area (Å²) < 4.78 is 34.2. The molecule has 0 aromatic carbocycles. The van der Waals surface area contributed by atoms with Crippen LogP contribution in [0.1, 0.15) is 22.7 Å². The Bertz CT molecular complexity index is 1210. The number of thiophene rings is 1. The van der Waals surface area contributed by atoms with E-state index in [2.05, 4.69) is 5.16 Å². The van der Waals surface area contributed by atoms with Gasteiger partial charge in [0.1, 0.15) is 9.97 Å². The highest BCUT2D eigenvalue weighted by Crippen LogP contribution is 2.23. The van der Waals surface area contributed by atoms with Gasteiger partial charge in [0.2, 0.25) is 5.91 Å². The van der Waals surface area contributed by atoms with Crippen molar-refractivity contribution < 1.29 is 17.7 Å². The van der Waals surface area contributed by atoms with Crippen LogP contribution in [-0.4, -0.2) is 59.4 Å². The van der Waals surface area contributed by atoms with Crippen LogP contribution in [0.4, 0.5) is 0 Å². The van der Waals surface area contributed by atoms with Crippen molar-refractivity contribution in [1.82, 2.24) is 18.9 Å². The number of hydrogen-bond acceptors (Lipinski definition) is 6. The SMILES string of the molecule is Cc1cc(-n2c(C)cc(C=CC(=O)N3CCN(S(=O)(=O)c4cccs4)CC3)c2C)no1. The van der Waals surface area contributed by atoms with Gasteiger partial charge in [-0.1, -0.05) is 11.2 Å². The van der Waals surface area contributed by atoms with Crippen LogP contribution in [0, 0.1) is 20.8 Å². The van der Waals surface area contributed by atoms with E-state index >= 15 is 0 Å². The first-order valence-electron chi connectivity index (χ1n) is 9.90. The minimum atomic E-state index is -3.48. The van der Waals surface area contributed by atoms with Crippen LogP contribution >= 0.6 is 11.3 Å². The zero-order valence-electron chi connectivity index (χ0n) is 17.6. The van der Waals surface area contributed by atoms with Crippen LogP contribution in [0.3, 0.4) is 0 Å². The van der Waals surface area contributed by atoms with Crippen molar-refractivity contribution in [1.29, 1.82) is 0 Å². The molecule has 0 atom stereocenters. The molecular weight excluding hydrogens is 436 g/mol. The predicted molar refractivity (Wildman–Crippen MR) is 119 cm³/mol. The molecule has 0 saturated carbocycles. The maximum Gasteiger partial charge on any atom is 0.252 e. The van der Waals surface area contributed by atoms with Gasteiger partial charge in [0.05, 0.1) is 0 Å². The number of aryl methyl sites for hydroxylation is 2. The van der Waals surface area contributed by atoms with Crippen LogP contribution in [-0.2, 0) is 14.8 Å². The molecule has 1 fully saturated rings. The van der Waals surface area contributed by atoms with Crippen LogP contribution in [0.2, 0.25) is 0 Å². The number of nitrogens with zero attached hydrogens (tertiary/aromatic N) is 4. The number of amides is 1. The molecule has 1 amide bonds. The van der Waals surface area contributed by atoms with Gasteiger partial charge in [0.15, 0.2) is 5.82 Å². The highest BCUT2D eigenvalue weighted by molar-refractivity contribution is 7.91. The average Bonchev–Trinajstić information content (AvgIpc) is 3.48. The van der Waals surface area contributed by atoms with E-state index in [1.54, 1.807) is 34.6 Å². The Morgan fingerprint density at radius 2 is 1.90 bits per heavy atom. The molecule has 0 N–H and O–H groups in total. The number of aromatic nitrogens is 2. The van der Waals surface area contributed by atoms with E-state index in [1.165, 1.54) is 15.6 Å². The van der Waals surface area contributed by atoms with E-state index < -0.39 is 10.0 Å². The fraction of sp³-hybridized carbons (Fsp3) is 0.333. The largest absolute Gasteiger partial charge is 0.360 e. The van der Waals surface area contributed by atoms with Crippen LogP contribution in [0.15, 0.2) is 44.5 Å². The van der Waals surface area contributed by atoms with Crippen LogP contribution in [0.5, 0.6) is 0 Å². The van der Waals surface area contributed by atoms with E-state index in [4.69, 9.17) is 4.52 Å². The summed E-state index contributed by atoms with van der Waals surface area (Å²) in [6, 6.07) is 7.19. The lowest BCUT2D eigenvalue weighted by molar-refractivity contribution is -0.127. The molecule has 0 aliphatic carbocycles. The molecule has 0 unspecified atom stereocenters. The monoisotopic (exact) mass is 460 g/mol. The summed E-state index contributed by atoms with van der Waals surface area (Å²) in [6.45, 7) is 7.10. The van der Waals surface area contributed by atoms with E-state index in [0.717, 1.165) is 22.7 Å². The van der Waals surface area contributed by atoms with Gasteiger partial charge in [-0.3, -0.25) is 9.36 Å². The Hall–Kier alpha value is -2.69. The molecule has 8 nitrogen and oxygen atoms in total. The third kappa shape index (κ3) is 4.23. The fourth-order valence-corrected chi connectivity index (χ4v) is 6.29. The van der Waals surface area contributed by atoms with E-state index in [-0.39, 0.29) is 5.91 Å². The molecule has 3 aromatic heterocycles. The van der Waals surface area contributed by atoms with E-state index in [1.807, 2.05) is 37.5 Å². The summed E-state index contributed by atoms with van der Waals surface area (Å²) in [7, 11) is -3.48. The molecule has 4 rings (SSSR count). The normalized spacial score (nSPS) is 15.8. The van der Waals surface area contributed by atoms with Crippen molar-refractivity contribution in [3.63, 3.8) is 0 Å². The molecule has 1 aliphatic heterocycles. The van der Waals surface area contributed by atoms with E-state index in [0.29, 0.717) is 36.2 Å². The summed E-state index contributed by atoms with van der Waals surface area (Å²) in [5.74, 6) is 1.31. The molecule has 3 aromatic rings. The van der Waals surface area contributed by atoms with Gasteiger partial charge in [-0.2, -0.15) is 4.31 Å². The molecule has 4 heterocycles. The lowest BCUT2D eigenvalue weighted by atomic mass is 10.2. The van der Waals surface area contributed by atoms with Gasteiger partial charge < -0.3 is 9.42 Å². The smallest absolute Gasteiger partial charge is 0.252 e. The predicted octanol–water partition coefficient (Wildman–Crippen LogP) is 3.00. The van der Waals surface area contributed by atoms with Gasteiger partial charge in [0, 0.05) is 49.7 Å². The molecule has 1 aliphatic rings. The Balaban J connectivity index is 1.42. The summed E-state index contributed by atoms with van der Waals surface area (Å²) in [5.41, 5.74) is 2.87. The minimum Gasteiger partial charge on any atom is -0.360 e. The summed E-state index contributed by atoms with van der Waals surface area (Å²) in [5, 5.41) is 5.82. The van der Waals surface area contributed by atoms with Gasteiger partial charge in [-0.05, 0) is 49.9 Å². The van der Waals surface area contributed by atoms with Crippen molar-refractivity contribution in [2.75, 3.05) is 26.2 Å². The van der Waals surface area contributed by atoms with Gasteiger partial charge in [-0.15, -0.1) is 11.3 Å². The van der Waals surface area contributed by atoms with Crippen molar-refractivity contribution in [2.24, 2.45) is 0 Å². The molecule has 31 heavy (non-hydrogen) atoms. The number of sulfonamides is 1. The minimum absolute atomic E-state index is 0.129. The lowest BCUT2D eigenvalue weighted by Gasteiger charge is -2.33. The number of carbonyl (C=O) groups is 1. The van der Waals surface area contributed by atoms with Crippen molar-refractivity contribution in [3.05, 3.63) is 58.4 Å². The Labute approximate surface area is 185 Å². The zero-order chi connectivity index (χ0) is 22.2. The number of rotatable bonds is 5. The highest BCUT2D eigenvalue weighted by Gasteiger charge is 2.30. The maximum absolute atomic E-state index is 12.7. The standard InChI is InChI=1S/C21H24N4O4S2/c1-15-13-18(17(3)25(15)19-14-16(2)29-22-19)6-7-20(26)23-8-10-24(11-9-23)31(27,28)21-5-4-12-30-21/h4-7,12-14H,8-11H2,1-3H3. The number of carbonyl (C=O) groups excluding carboxylic acids is 1. The second kappa shape index (κ2) is 8.45. The topological polar surface area (TPSA) is 88.7 Å². The maximum atomic E-state index is 12.7. The summed E-state index contributed by atoms with van der Waals surface area (Å²) in [4.78, 5) is 14.3. The van der Waals surface area contributed by atoms with Gasteiger partial charge in [-0.25, -0.2) is 8.42 Å². The summed E-state index contributed by atoms with van der Waals surface area (Å²) in [6.07, 6.45) is 3.34. The average molecular weight is 461 g/mol. The van der Waals surface area contributed by atoms with Crippen molar-refractivity contribution >= 4 is 33.3 Å². The molecule has 0 bridgehead atoms. The lowest BCUT2D eigenvalue weighted by Crippen LogP contribution is -2.50. The third-order valence-electron chi connectivity index (χ3n) is 5.36. The van der Waals surface area contributed by atoms with Crippen molar-refractivity contribution in [2.45, 2.75) is 25.0 Å². The second-order valence-electron chi connectivity index (χ2n) is 7.45. The number of piperazine rings is 1. The fourth-order valence-electron chi connectivity index (χ4n) is 3.72. The summed E-state index contributed by atoms with van der Waals surface area (Å²) >= 11 is 1.21. The van der Waals surface area contributed by atoms with Crippen LogP contribution < -0.4 is 0 Å². The molecule has 10 heteroatoms. The first-order chi connectivity index (χ1) is 14.8. The Morgan fingerprint density at radius 1 is 1.16 bits per heavy atom. The molecule has 0 radical (unpaired) electrons. The molecule has 164 valence electrons. The molecule has 1 saturated heterocycles. The molecular formula is C21H24N4O4S2. The highest BCUT2D eigenvalue weighted by atomic mass is 32.2. The Morgan fingerprint density at radius 3 is 2.52 bits per heavy atom. The first-order valence-corrected chi connectivity index (χ1v) is 12.2.